The maximum Gasteiger partial charge on any atom is 0.315 e. The van der Waals surface area contributed by atoms with E-state index in [-0.39, 0.29) is 18.7 Å². The molecular weight excluding hydrogens is 290 g/mol. The molecule has 1 atom stereocenters. The third-order valence-electron chi connectivity index (χ3n) is 4.12. The van der Waals surface area contributed by atoms with Crippen molar-refractivity contribution in [2.24, 2.45) is 0 Å². The minimum absolute atomic E-state index is 0.0372. The second-order valence-corrected chi connectivity index (χ2v) is 6.00. The van der Waals surface area contributed by atoms with Crippen molar-refractivity contribution < 1.29 is 18.7 Å². The van der Waals surface area contributed by atoms with Crippen LogP contribution < -0.4 is 10.6 Å². The molecule has 3 N–H and O–H groups in total. The van der Waals surface area contributed by atoms with Crippen LogP contribution in [0.4, 0.5) is 13.6 Å². The molecule has 1 saturated carbocycles. The Bertz CT molecular complexity index is 533. The predicted octanol–water partition coefficient (Wildman–Crippen LogP) is 2.46. The van der Waals surface area contributed by atoms with Crippen LogP contribution in [0, 0.1) is 11.6 Å². The van der Waals surface area contributed by atoms with E-state index in [9.17, 15) is 13.6 Å². The number of halogens is 2. The monoisotopic (exact) mass is 312 g/mol. The van der Waals surface area contributed by atoms with Crippen LogP contribution >= 0.6 is 0 Å². The smallest absolute Gasteiger partial charge is 0.315 e. The number of amides is 2. The van der Waals surface area contributed by atoms with E-state index >= 15 is 0 Å². The number of nitrogens with one attached hydrogen (secondary N) is 2. The molecule has 0 aromatic heterocycles. The number of rotatable bonds is 7. The maximum absolute atomic E-state index is 13.9. The minimum Gasteiger partial charge on any atom is -0.396 e. The van der Waals surface area contributed by atoms with Gasteiger partial charge in [0, 0.05) is 30.7 Å². The van der Waals surface area contributed by atoms with Gasteiger partial charge in [-0.3, -0.25) is 0 Å². The lowest BCUT2D eigenvalue weighted by molar-refractivity contribution is 0.233. The summed E-state index contributed by atoms with van der Waals surface area (Å²) in [6.45, 7) is 2.29. The lowest BCUT2D eigenvalue weighted by atomic mass is 9.95. The van der Waals surface area contributed by atoms with Crippen LogP contribution in [0.2, 0.25) is 0 Å². The molecule has 0 aliphatic heterocycles. The van der Waals surface area contributed by atoms with Gasteiger partial charge >= 0.3 is 6.03 Å². The highest BCUT2D eigenvalue weighted by atomic mass is 19.1. The standard InChI is InChI=1S/C16H22F2N2O2/c1-11(3-2-8-21)20-15(22)19-10-16(6-7-16)13-5-4-12(17)9-14(13)18/h4-5,9,11,21H,2-3,6-8,10H2,1H3,(H2,19,20,22). The van der Waals surface area contributed by atoms with Gasteiger partial charge in [0.2, 0.25) is 0 Å². The average molecular weight is 312 g/mol. The Morgan fingerprint density at radius 2 is 2.14 bits per heavy atom. The van der Waals surface area contributed by atoms with Crippen molar-refractivity contribution in [3.63, 3.8) is 0 Å². The number of hydrogen-bond donors (Lipinski definition) is 3. The summed E-state index contributed by atoms with van der Waals surface area (Å²) in [6.07, 6.45) is 2.87. The van der Waals surface area contributed by atoms with E-state index in [2.05, 4.69) is 10.6 Å². The molecule has 0 heterocycles. The van der Waals surface area contributed by atoms with Crippen molar-refractivity contribution in [3.8, 4) is 0 Å². The summed E-state index contributed by atoms with van der Waals surface area (Å²) in [4.78, 5) is 11.8. The van der Waals surface area contributed by atoms with Crippen LogP contribution in [0.15, 0.2) is 18.2 Å². The van der Waals surface area contributed by atoms with E-state index < -0.39 is 17.0 Å². The number of urea groups is 1. The van der Waals surface area contributed by atoms with E-state index in [0.29, 0.717) is 24.9 Å². The molecule has 0 spiro atoms. The van der Waals surface area contributed by atoms with Crippen LogP contribution in [-0.2, 0) is 5.41 Å². The first kappa shape index (κ1) is 16.7. The highest BCUT2D eigenvalue weighted by Gasteiger charge is 2.46. The van der Waals surface area contributed by atoms with E-state index in [0.717, 1.165) is 18.9 Å². The highest BCUT2D eigenvalue weighted by molar-refractivity contribution is 5.74. The number of benzene rings is 1. The molecule has 1 aliphatic rings. The molecule has 1 fully saturated rings. The first-order valence-electron chi connectivity index (χ1n) is 7.57. The Kier molecular flexibility index (Phi) is 5.34. The third-order valence-corrected chi connectivity index (χ3v) is 4.12. The Balaban J connectivity index is 1.87. The summed E-state index contributed by atoms with van der Waals surface area (Å²) in [5, 5.41) is 14.3. The molecule has 1 aliphatic carbocycles. The fourth-order valence-corrected chi connectivity index (χ4v) is 2.61. The quantitative estimate of drug-likeness (QED) is 0.724. The molecule has 2 rings (SSSR count). The highest BCUT2D eigenvalue weighted by Crippen LogP contribution is 2.48. The lowest BCUT2D eigenvalue weighted by Crippen LogP contribution is -2.43. The van der Waals surface area contributed by atoms with Gasteiger partial charge in [0.05, 0.1) is 0 Å². The van der Waals surface area contributed by atoms with Gasteiger partial charge in [0.25, 0.3) is 0 Å². The van der Waals surface area contributed by atoms with Gasteiger partial charge in [-0.1, -0.05) is 6.07 Å². The van der Waals surface area contributed by atoms with E-state index in [1.54, 1.807) is 0 Å². The van der Waals surface area contributed by atoms with Crippen LogP contribution in [0.1, 0.15) is 38.2 Å². The minimum atomic E-state index is -0.597. The summed E-state index contributed by atoms with van der Waals surface area (Å²) >= 11 is 0. The topological polar surface area (TPSA) is 61.4 Å². The molecule has 1 unspecified atom stereocenters. The van der Waals surface area contributed by atoms with Crippen molar-refractivity contribution in [1.29, 1.82) is 0 Å². The summed E-state index contributed by atoms with van der Waals surface area (Å²) in [7, 11) is 0. The number of carbonyl (C=O) groups excluding carboxylic acids is 1. The van der Waals surface area contributed by atoms with Gasteiger partial charge in [-0.2, -0.15) is 0 Å². The number of aliphatic hydroxyl groups is 1. The number of carbonyl (C=O) groups is 1. The Hall–Kier alpha value is -1.69. The van der Waals surface area contributed by atoms with Crippen LogP contribution in [0.5, 0.6) is 0 Å². The van der Waals surface area contributed by atoms with E-state index in [1.165, 1.54) is 12.1 Å². The third kappa shape index (κ3) is 4.16. The fourth-order valence-electron chi connectivity index (χ4n) is 2.61. The van der Waals surface area contributed by atoms with Gasteiger partial charge < -0.3 is 15.7 Å². The maximum atomic E-state index is 13.9. The van der Waals surface area contributed by atoms with Crippen molar-refractivity contribution in [1.82, 2.24) is 10.6 Å². The van der Waals surface area contributed by atoms with Gasteiger partial charge in [-0.05, 0) is 44.2 Å². The summed E-state index contributed by atoms with van der Waals surface area (Å²) in [5.74, 6) is -1.16. The van der Waals surface area contributed by atoms with Crippen molar-refractivity contribution in [2.45, 2.75) is 44.1 Å². The Labute approximate surface area is 128 Å². The van der Waals surface area contributed by atoms with Gasteiger partial charge in [-0.25, -0.2) is 13.6 Å². The summed E-state index contributed by atoms with van der Waals surface area (Å²) in [6, 6.07) is 3.24. The normalized spacial score (nSPS) is 16.9. The largest absolute Gasteiger partial charge is 0.396 e. The fraction of sp³-hybridized carbons (Fsp3) is 0.562. The number of aliphatic hydroxyl groups excluding tert-OH is 1. The molecule has 0 bridgehead atoms. The number of hydrogen-bond acceptors (Lipinski definition) is 2. The molecule has 1 aromatic carbocycles. The van der Waals surface area contributed by atoms with Crippen LogP contribution in [0.25, 0.3) is 0 Å². The van der Waals surface area contributed by atoms with E-state index in [4.69, 9.17) is 5.11 Å². The zero-order chi connectivity index (χ0) is 16.2. The lowest BCUT2D eigenvalue weighted by Gasteiger charge is -2.19. The molecule has 4 nitrogen and oxygen atoms in total. The molecule has 1 aromatic rings. The molecular formula is C16H22F2N2O2. The van der Waals surface area contributed by atoms with Gasteiger partial charge in [-0.15, -0.1) is 0 Å². The van der Waals surface area contributed by atoms with E-state index in [1.807, 2.05) is 6.92 Å². The van der Waals surface area contributed by atoms with Crippen LogP contribution in [0.3, 0.4) is 0 Å². The SMILES string of the molecule is CC(CCCO)NC(=O)NCC1(c2ccc(F)cc2F)CC1. The zero-order valence-corrected chi connectivity index (χ0v) is 12.7. The predicted molar refractivity (Wildman–Crippen MR) is 79.6 cm³/mol. The summed E-state index contributed by atoms with van der Waals surface area (Å²) < 4.78 is 26.8. The molecule has 0 saturated heterocycles. The second kappa shape index (κ2) is 7.05. The first-order valence-corrected chi connectivity index (χ1v) is 7.57. The average Bonchev–Trinajstić information content (AvgIpc) is 3.24. The van der Waals surface area contributed by atoms with Gasteiger partial charge in [0.15, 0.2) is 0 Å². The molecule has 2 amide bonds. The van der Waals surface area contributed by atoms with Crippen molar-refractivity contribution in [3.05, 3.63) is 35.4 Å². The Morgan fingerprint density at radius 1 is 1.41 bits per heavy atom. The second-order valence-electron chi connectivity index (χ2n) is 6.00. The first-order chi connectivity index (χ1) is 10.5. The molecule has 22 heavy (non-hydrogen) atoms. The molecule has 6 heteroatoms. The van der Waals surface area contributed by atoms with Gasteiger partial charge in [0.1, 0.15) is 11.6 Å². The molecule has 122 valence electrons. The zero-order valence-electron chi connectivity index (χ0n) is 12.7. The van der Waals surface area contributed by atoms with Crippen LogP contribution in [-0.4, -0.2) is 30.3 Å². The molecule has 0 radical (unpaired) electrons. The van der Waals surface area contributed by atoms with Crippen molar-refractivity contribution in [2.75, 3.05) is 13.2 Å². The van der Waals surface area contributed by atoms with Crippen molar-refractivity contribution >= 4 is 6.03 Å². The summed E-state index contributed by atoms with van der Waals surface area (Å²) in [5.41, 5.74) is 0.0474. The Morgan fingerprint density at radius 3 is 2.73 bits per heavy atom.